The lowest BCUT2D eigenvalue weighted by Crippen LogP contribution is -2.56. The normalized spacial score (nSPS) is 12.0. The summed E-state index contributed by atoms with van der Waals surface area (Å²) in [5, 5.41) is 11.9. The van der Waals surface area contributed by atoms with E-state index in [9.17, 15) is 14.7 Å². The van der Waals surface area contributed by atoms with Gasteiger partial charge < -0.3 is 10.4 Å². The first-order valence-electron chi connectivity index (χ1n) is 5.64. The van der Waals surface area contributed by atoms with Crippen LogP contribution in [0, 0.1) is 5.41 Å². The highest BCUT2D eigenvalue weighted by Gasteiger charge is 2.44. The Bertz CT molecular complexity index is 453. The van der Waals surface area contributed by atoms with E-state index < -0.39 is 16.9 Å². The van der Waals surface area contributed by atoms with Gasteiger partial charge in [-0.05, 0) is 39.8 Å². The molecule has 98 valence electrons. The van der Waals surface area contributed by atoms with Crippen LogP contribution in [0.5, 0.6) is 0 Å². The number of nitrogens with one attached hydrogen (secondary N) is 1. The van der Waals surface area contributed by atoms with Crippen molar-refractivity contribution in [3.63, 3.8) is 0 Å². The first-order valence-corrected chi connectivity index (χ1v) is 5.64. The number of carboxylic acids is 1. The van der Waals surface area contributed by atoms with Gasteiger partial charge in [0.05, 0.1) is 16.5 Å². The van der Waals surface area contributed by atoms with E-state index >= 15 is 0 Å². The molecule has 0 saturated heterocycles. The van der Waals surface area contributed by atoms with E-state index in [2.05, 4.69) is 10.3 Å². The fourth-order valence-electron chi connectivity index (χ4n) is 1.28. The van der Waals surface area contributed by atoms with E-state index in [1.165, 1.54) is 6.20 Å². The Morgan fingerprint density at radius 2 is 1.89 bits per heavy atom. The number of hydrogen-bond acceptors (Lipinski definition) is 3. The highest BCUT2D eigenvalue weighted by atomic mass is 16.4. The van der Waals surface area contributed by atoms with Gasteiger partial charge in [-0.2, -0.15) is 0 Å². The topological polar surface area (TPSA) is 79.3 Å². The molecule has 0 bridgehead atoms. The van der Waals surface area contributed by atoms with Crippen LogP contribution in [0.1, 0.15) is 38.1 Å². The summed E-state index contributed by atoms with van der Waals surface area (Å²) in [5.74, 6) is -1.29. The monoisotopic (exact) mass is 250 g/mol. The van der Waals surface area contributed by atoms with Gasteiger partial charge in [0.25, 0.3) is 5.91 Å². The minimum Gasteiger partial charge on any atom is -0.481 e. The number of carbonyl (C=O) groups is 2. The van der Waals surface area contributed by atoms with E-state index in [1.54, 1.807) is 46.0 Å². The minimum absolute atomic E-state index is 0.331. The van der Waals surface area contributed by atoms with Gasteiger partial charge in [0, 0.05) is 12.4 Å². The van der Waals surface area contributed by atoms with Crippen LogP contribution in [-0.4, -0.2) is 27.5 Å². The summed E-state index contributed by atoms with van der Waals surface area (Å²) < 4.78 is 0. The number of pyridine rings is 1. The van der Waals surface area contributed by atoms with Crippen molar-refractivity contribution >= 4 is 11.9 Å². The zero-order chi connectivity index (χ0) is 14.0. The van der Waals surface area contributed by atoms with Crippen LogP contribution in [0.2, 0.25) is 0 Å². The molecule has 0 aliphatic heterocycles. The molecule has 0 unspecified atom stereocenters. The van der Waals surface area contributed by atoms with Gasteiger partial charge in [0.2, 0.25) is 0 Å². The summed E-state index contributed by atoms with van der Waals surface area (Å²) in [6.07, 6.45) is 3.02. The van der Waals surface area contributed by atoms with Crippen molar-refractivity contribution in [1.29, 1.82) is 0 Å². The van der Waals surface area contributed by atoms with Crippen molar-refractivity contribution in [3.8, 4) is 0 Å². The second kappa shape index (κ2) is 4.76. The zero-order valence-corrected chi connectivity index (χ0v) is 11.0. The largest absolute Gasteiger partial charge is 0.481 e. The summed E-state index contributed by atoms with van der Waals surface area (Å²) in [7, 11) is 0. The Labute approximate surface area is 106 Å². The van der Waals surface area contributed by atoms with Gasteiger partial charge in [0.15, 0.2) is 0 Å². The molecule has 5 heteroatoms. The quantitative estimate of drug-likeness (QED) is 0.852. The third-order valence-corrected chi connectivity index (χ3v) is 3.45. The number of carboxylic acid groups (broad SMARTS) is 1. The average molecular weight is 250 g/mol. The Morgan fingerprint density at radius 3 is 2.33 bits per heavy atom. The van der Waals surface area contributed by atoms with E-state index in [4.69, 9.17) is 0 Å². The lowest BCUT2D eigenvalue weighted by molar-refractivity contribution is -0.150. The van der Waals surface area contributed by atoms with Crippen LogP contribution in [-0.2, 0) is 4.79 Å². The molecule has 1 amide bonds. The van der Waals surface area contributed by atoms with Crippen molar-refractivity contribution in [1.82, 2.24) is 10.3 Å². The Hall–Kier alpha value is -1.91. The molecule has 1 aromatic heterocycles. The molecular formula is C13H18N2O3. The maximum atomic E-state index is 12.0. The second-order valence-corrected chi connectivity index (χ2v) is 5.25. The molecule has 0 saturated carbocycles. The fraction of sp³-hybridized carbons (Fsp3) is 0.462. The summed E-state index contributed by atoms with van der Waals surface area (Å²) in [6, 6.07) is 3.29. The van der Waals surface area contributed by atoms with Crippen LogP contribution in [0.25, 0.3) is 0 Å². The standard InChI is InChI=1S/C13H18N2O3/c1-12(2,11(17)18)13(3,4)15-10(16)9-6-5-7-14-8-9/h5-8H,1-4H3,(H,15,16)(H,17,18). The van der Waals surface area contributed by atoms with Gasteiger partial charge in [-0.25, -0.2) is 0 Å². The fourth-order valence-corrected chi connectivity index (χ4v) is 1.28. The van der Waals surface area contributed by atoms with Crippen molar-refractivity contribution < 1.29 is 14.7 Å². The maximum absolute atomic E-state index is 12.0. The molecule has 0 radical (unpaired) electrons. The van der Waals surface area contributed by atoms with Crippen molar-refractivity contribution in [2.24, 2.45) is 5.41 Å². The summed E-state index contributed by atoms with van der Waals surface area (Å²) in [5.41, 5.74) is -1.55. The first-order chi connectivity index (χ1) is 8.18. The highest BCUT2D eigenvalue weighted by Crippen LogP contribution is 2.30. The van der Waals surface area contributed by atoms with Crippen molar-refractivity contribution in [3.05, 3.63) is 30.1 Å². The second-order valence-electron chi connectivity index (χ2n) is 5.25. The minimum atomic E-state index is -1.08. The van der Waals surface area contributed by atoms with Crippen LogP contribution < -0.4 is 5.32 Å². The number of amides is 1. The molecule has 1 heterocycles. The van der Waals surface area contributed by atoms with Gasteiger partial charge in [-0.15, -0.1) is 0 Å². The number of aliphatic carboxylic acids is 1. The predicted molar refractivity (Wildman–Crippen MR) is 67.2 cm³/mol. The Kier molecular flexibility index (Phi) is 3.74. The molecule has 1 aromatic rings. The average Bonchev–Trinajstić information content (AvgIpc) is 2.29. The van der Waals surface area contributed by atoms with Gasteiger partial charge in [-0.3, -0.25) is 14.6 Å². The third-order valence-electron chi connectivity index (χ3n) is 3.45. The van der Waals surface area contributed by atoms with Crippen LogP contribution in [0.3, 0.4) is 0 Å². The van der Waals surface area contributed by atoms with Crippen LogP contribution >= 0.6 is 0 Å². The molecule has 18 heavy (non-hydrogen) atoms. The summed E-state index contributed by atoms with van der Waals surface area (Å²) in [4.78, 5) is 27.1. The highest BCUT2D eigenvalue weighted by molar-refractivity contribution is 5.94. The SMILES string of the molecule is CC(C)(NC(=O)c1cccnc1)C(C)(C)C(=O)O. The molecule has 1 rings (SSSR count). The molecule has 2 N–H and O–H groups in total. The van der Waals surface area contributed by atoms with Gasteiger partial charge in [0.1, 0.15) is 0 Å². The molecule has 0 atom stereocenters. The predicted octanol–water partition coefficient (Wildman–Crippen LogP) is 1.70. The molecule has 5 nitrogen and oxygen atoms in total. The molecule has 0 spiro atoms. The van der Waals surface area contributed by atoms with Crippen LogP contribution in [0.15, 0.2) is 24.5 Å². The Balaban J connectivity index is 2.91. The van der Waals surface area contributed by atoms with E-state index in [1.807, 2.05) is 0 Å². The molecule has 0 aliphatic carbocycles. The van der Waals surface area contributed by atoms with Gasteiger partial charge >= 0.3 is 5.97 Å². The molecule has 0 aromatic carbocycles. The van der Waals surface area contributed by atoms with E-state index in [-0.39, 0.29) is 5.91 Å². The number of hydrogen-bond donors (Lipinski definition) is 2. The number of nitrogens with zero attached hydrogens (tertiary/aromatic N) is 1. The van der Waals surface area contributed by atoms with Crippen molar-refractivity contribution in [2.45, 2.75) is 33.2 Å². The van der Waals surface area contributed by atoms with E-state index in [0.717, 1.165) is 0 Å². The van der Waals surface area contributed by atoms with Crippen LogP contribution in [0.4, 0.5) is 0 Å². The number of rotatable bonds is 4. The summed E-state index contributed by atoms with van der Waals surface area (Å²) >= 11 is 0. The first kappa shape index (κ1) is 14.2. The molecule has 0 fully saturated rings. The molecular weight excluding hydrogens is 232 g/mol. The smallest absolute Gasteiger partial charge is 0.311 e. The zero-order valence-electron chi connectivity index (χ0n) is 11.0. The van der Waals surface area contributed by atoms with Crippen molar-refractivity contribution in [2.75, 3.05) is 0 Å². The number of carbonyl (C=O) groups excluding carboxylic acids is 1. The molecule has 0 aliphatic rings. The summed E-state index contributed by atoms with van der Waals surface area (Å²) in [6.45, 7) is 6.54. The lowest BCUT2D eigenvalue weighted by Gasteiger charge is -2.38. The third kappa shape index (κ3) is 2.67. The Morgan fingerprint density at radius 1 is 1.28 bits per heavy atom. The van der Waals surface area contributed by atoms with E-state index in [0.29, 0.717) is 5.56 Å². The van der Waals surface area contributed by atoms with Gasteiger partial charge in [-0.1, -0.05) is 0 Å². The number of aromatic nitrogens is 1. The maximum Gasteiger partial charge on any atom is 0.311 e. The lowest BCUT2D eigenvalue weighted by atomic mass is 9.74.